The van der Waals surface area contributed by atoms with Gasteiger partial charge in [0.25, 0.3) is 5.91 Å². The van der Waals surface area contributed by atoms with Crippen LogP contribution in [0.4, 0.5) is 5.69 Å². The molecule has 28 heavy (non-hydrogen) atoms. The third-order valence-electron chi connectivity index (χ3n) is 6.21. The van der Waals surface area contributed by atoms with Gasteiger partial charge in [0, 0.05) is 24.3 Å². The quantitative estimate of drug-likeness (QED) is 0.597. The molecule has 1 aromatic carbocycles. The number of nitrogens with one attached hydrogen (secondary N) is 1. The van der Waals surface area contributed by atoms with Crippen LogP contribution in [0.1, 0.15) is 69.6 Å². The number of anilines is 1. The summed E-state index contributed by atoms with van der Waals surface area (Å²) in [6.07, 6.45) is 9.55. The maximum Gasteiger partial charge on any atom is 0.262 e. The number of amides is 1. The zero-order valence-electron chi connectivity index (χ0n) is 17.7. The van der Waals surface area contributed by atoms with Crippen LogP contribution in [-0.2, 0) is 4.79 Å². The number of rotatable bonds is 3. The minimum atomic E-state index is -0.253. The van der Waals surface area contributed by atoms with E-state index < -0.39 is 0 Å². The fourth-order valence-corrected chi connectivity index (χ4v) is 4.29. The highest BCUT2D eigenvalue weighted by atomic mass is 16.1. The van der Waals surface area contributed by atoms with Crippen molar-refractivity contribution in [1.82, 2.24) is 5.32 Å². The van der Waals surface area contributed by atoms with Gasteiger partial charge in [-0.05, 0) is 75.4 Å². The Morgan fingerprint density at radius 2 is 1.93 bits per heavy atom. The second-order valence-electron chi connectivity index (χ2n) is 8.74. The molecule has 1 amide bonds. The number of hydrogen-bond donors (Lipinski definition) is 1. The Kier molecular flexibility index (Phi) is 5.65. The first-order valence-electron chi connectivity index (χ1n) is 10.2. The Hall–Kier alpha value is -2.54. The van der Waals surface area contributed by atoms with Gasteiger partial charge in [-0.25, -0.2) is 0 Å². The van der Waals surface area contributed by atoms with Gasteiger partial charge in [-0.3, -0.25) is 4.79 Å². The van der Waals surface area contributed by atoms with Crippen molar-refractivity contribution in [2.45, 2.75) is 71.4 Å². The summed E-state index contributed by atoms with van der Waals surface area (Å²) in [6.45, 7) is 8.56. The van der Waals surface area contributed by atoms with Crippen LogP contribution >= 0.6 is 0 Å². The van der Waals surface area contributed by atoms with E-state index in [1.54, 1.807) is 6.08 Å². The standard InChI is InChI=1S/C24H31N3O/c1-16-11-22-21(17(2)14-24(3,4)27(22)5)13-18(16)12-19(15-25)23(28)26-20-9-7-6-8-10-20/h11-14,20H,6-10H2,1-5H3,(H,26,28)/b19-12+. The summed E-state index contributed by atoms with van der Waals surface area (Å²) in [7, 11) is 2.11. The molecule has 1 aliphatic carbocycles. The summed E-state index contributed by atoms with van der Waals surface area (Å²) in [5.74, 6) is -0.253. The average molecular weight is 378 g/mol. The number of benzene rings is 1. The largest absolute Gasteiger partial charge is 0.365 e. The number of fused-ring (bicyclic) bond motifs is 1. The molecular weight excluding hydrogens is 346 g/mol. The summed E-state index contributed by atoms with van der Waals surface area (Å²) in [6, 6.07) is 6.57. The van der Waals surface area contributed by atoms with Crippen LogP contribution in [0, 0.1) is 18.3 Å². The Morgan fingerprint density at radius 1 is 1.25 bits per heavy atom. The maximum atomic E-state index is 12.6. The van der Waals surface area contributed by atoms with E-state index in [0.717, 1.165) is 42.4 Å². The van der Waals surface area contributed by atoms with Crippen molar-refractivity contribution in [2.75, 3.05) is 11.9 Å². The molecule has 1 aliphatic heterocycles. The topological polar surface area (TPSA) is 56.1 Å². The fourth-order valence-electron chi connectivity index (χ4n) is 4.29. The molecule has 1 aromatic rings. The van der Waals surface area contributed by atoms with Gasteiger partial charge in [-0.2, -0.15) is 5.26 Å². The van der Waals surface area contributed by atoms with Gasteiger partial charge < -0.3 is 10.2 Å². The Morgan fingerprint density at radius 3 is 2.57 bits per heavy atom. The zero-order valence-corrected chi connectivity index (χ0v) is 17.7. The second-order valence-corrected chi connectivity index (χ2v) is 8.74. The van der Waals surface area contributed by atoms with Gasteiger partial charge in [0.2, 0.25) is 0 Å². The number of likely N-dealkylation sites (N-methyl/N-ethyl adjacent to an activating group) is 1. The smallest absolute Gasteiger partial charge is 0.262 e. The van der Waals surface area contributed by atoms with Crippen molar-refractivity contribution < 1.29 is 4.79 Å². The van der Waals surface area contributed by atoms with E-state index in [1.807, 2.05) is 6.92 Å². The van der Waals surface area contributed by atoms with E-state index in [-0.39, 0.29) is 23.1 Å². The summed E-state index contributed by atoms with van der Waals surface area (Å²) in [4.78, 5) is 14.9. The zero-order chi connectivity index (χ0) is 20.5. The Labute approximate surface area is 168 Å². The van der Waals surface area contributed by atoms with Crippen LogP contribution in [0.15, 0.2) is 23.8 Å². The summed E-state index contributed by atoms with van der Waals surface area (Å²) >= 11 is 0. The predicted octanol–water partition coefficient (Wildman–Crippen LogP) is 4.98. The lowest BCUT2D eigenvalue weighted by Crippen LogP contribution is -2.42. The highest BCUT2D eigenvalue weighted by Crippen LogP contribution is 2.39. The van der Waals surface area contributed by atoms with Gasteiger partial charge in [-0.15, -0.1) is 0 Å². The van der Waals surface area contributed by atoms with E-state index in [9.17, 15) is 10.1 Å². The maximum absolute atomic E-state index is 12.6. The number of allylic oxidation sites excluding steroid dienone is 1. The molecule has 0 saturated heterocycles. The second kappa shape index (κ2) is 7.83. The molecule has 4 heteroatoms. The summed E-state index contributed by atoms with van der Waals surface area (Å²) < 4.78 is 0. The molecule has 2 aliphatic rings. The minimum Gasteiger partial charge on any atom is -0.365 e. The lowest BCUT2D eigenvalue weighted by Gasteiger charge is -2.41. The third-order valence-corrected chi connectivity index (χ3v) is 6.21. The number of carbonyl (C=O) groups is 1. The molecule has 0 bridgehead atoms. The van der Waals surface area contributed by atoms with Gasteiger partial charge in [-0.1, -0.05) is 25.3 Å². The summed E-state index contributed by atoms with van der Waals surface area (Å²) in [5, 5.41) is 12.6. The monoisotopic (exact) mass is 377 g/mol. The van der Waals surface area contributed by atoms with E-state index in [4.69, 9.17) is 0 Å². The first-order chi connectivity index (χ1) is 13.2. The van der Waals surface area contributed by atoms with Gasteiger partial charge >= 0.3 is 0 Å². The van der Waals surface area contributed by atoms with Crippen LogP contribution in [-0.4, -0.2) is 24.5 Å². The molecule has 0 atom stereocenters. The number of carbonyl (C=O) groups excluding carboxylic acids is 1. The molecule has 3 rings (SSSR count). The molecule has 0 radical (unpaired) electrons. The average Bonchev–Trinajstić information content (AvgIpc) is 2.65. The summed E-state index contributed by atoms with van der Waals surface area (Å²) in [5.41, 5.74) is 5.69. The highest BCUT2D eigenvalue weighted by molar-refractivity contribution is 6.02. The molecular formula is C24H31N3O. The lowest BCUT2D eigenvalue weighted by molar-refractivity contribution is -0.117. The molecule has 1 saturated carbocycles. The minimum absolute atomic E-state index is 0.0431. The van der Waals surface area contributed by atoms with Crippen molar-refractivity contribution in [3.8, 4) is 6.07 Å². The molecule has 0 spiro atoms. The van der Waals surface area contributed by atoms with E-state index >= 15 is 0 Å². The van der Waals surface area contributed by atoms with Gasteiger partial charge in [0.1, 0.15) is 11.6 Å². The van der Waals surface area contributed by atoms with E-state index in [0.29, 0.717) is 0 Å². The van der Waals surface area contributed by atoms with Crippen LogP contribution in [0.3, 0.4) is 0 Å². The van der Waals surface area contributed by atoms with E-state index in [2.05, 4.69) is 62.3 Å². The lowest BCUT2D eigenvalue weighted by atomic mass is 9.87. The molecule has 0 aromatic heterocycles. The molecule has 1 N–H and O–H groups in total. The van der Waals surface area contributed by atoms with Crippen LogP contribution < -0.4 is 10.2 Å². The number of nitriles is 1. The molecule has 1 fully saturated rings. The molecule has 1 heterocycles. The number of aryl methyl sites for hydroxylation is 1. The third kappa shape index (κ3) is 3.99. The predicted molar refractivity (Wildman–Crippen MR) is 116 cm³/mol. The molecule has 0 unspecified atom stereocenters. The normalized spacial score (nSPS) is 19.5. The Bertz CT molecular complexity index is 880. The van der Waals surface area contributed by atoms with Crippen LogP contribution in [0.2, 0.25) is 0 Å². The van der Waals surface area contributed by atoms with Crippen molar-refractivity contribution in [1.29, 1.82) is 5.26 Å². The van der Waals surface area contributed by atoms with Crippen molar-refractivity contribution >= 4 is 23.2 Å². The van der Waals surface area contributed by atoms with Crippen LogP contribution in [0.25, 0.3) is 11.6 Å². The SMILES string of the molecule is CC1=CC(C)(C)N(C)c2cc(C)c(/C=C(\C#N)C(=O)NC3CCCCC3)cc21. The van der Waals surface area contributed by atoms with Crippen molar-refractivity contribution in [3.63, 3.8) is 0 Å². The Balaban J connectivity index is 1.91. The van der Waals surface area contributed by atoms with Crippen molar-refractivity contribution in [2.24, 2.45) is 0 Å². The molecule has 4 nitrogen and oxygen atoms in total. The number of nitrogens with zero attached hydrogens (tertiary/aromatic N) is 2. The first kappa shape index (κ1) is 20.2. The van der Waals surface area contributed by atoms with E-state index in [1.165, 1.54) is 17.7 Å². The first-order valence-corrected chi connectivity index (χ1v) is 10.2. The fraction of sp³-hybridized carbons (Fsp3) is 0.500. The van der Waals surface area contributed by atoms with Crippen molar-refractivity contribution in [3.05, 3.63) is 40.5 Å². The number of hydrogen-bond acceptors (Lipinski definition) is 3. The molecule has 148 valence electrons. The van der Waals surface area contributed by atoms with Gasteiger partial charge in [0.05, 0.1) is 5.54 Å². The van der Waals surface area contributed by atoms with Gasteiger partial charge in [0.15, 0.2) is 0 Å². The highest BCUT2D eigenvalue weighted by Gasteiger charge is 2.29. The van der Waals surface area contributed by atoms with Crippen LogP contribution in [0.5, 0.6) is 0 Å².